The van der Waals surface area contributed by atoms with Gasteiger partial charge in [-0.1, -0.05) is 17.7 Å². The van der Waals surface area contributed by atoms with Crippen LogP contribution in [0.1, 0.15) is 21.5 Å². The van der Waals surface area contributed by atoms with Gasteiger partial charge in [-0.2, -0.15) is 0 Å². The highest BCUT2D eigenvalue weighted by Crippen LogP contribution is 2.17. The topological polar surface area (TPSA) is 61.1 Å². The Morgan fingerprint density at radius 2 is 1.80 bits per heavy atom. The lowest BCUT2D eigenvalue weighted by Crippen LogP contribution is -2.39. The number of ketones is 1. The summed E-state index contributed by atoms with van der Waals surface area (Å²) < 4.78 is 2.11. The lowest BCUT2D eigenvalue weighted by atomic mass is 10.0. The molecule has 2 rings (SSSR count). The average Bonchev–Trinajstić information content (AvgIpc) is 2.42. The van der Waals surface area contributed by atoms with Gasteiger partial charge in [0.15, 0.2) is 5.78 Å². The van der Waals surface area contributed by atoms with Crippen LogP contribution in [0, 0.1) is 6.92 Å². The number of benzene rings is 1. The van der Waals surface area contributed by atoms with Gasteiger partial charge in [0.1, 0.15) is 5.56 Å². The van der Waals surface area contributed by atoms with Gasteiger partial charge in [0.05, 0.1) is 0 Å². The molecule has 0 amide bonds. The third-order valence-corrected chi connectivity index (χ3v) is 3.37. The largest absolute Gasteiger partial charge is 0.330 e. The van der Waals surface area contributed by atoms with E-state index in [9.17, 15) is 14.4 Å². The Hall–Kier alpha value is -2.14. The van der Waals surface area contributed by atoms with E-state index in [-0.39, 0.29) is 5.56 Å². The Bertz CT molecular complexity index is 818. The first kappa shape index (κ1) is 14.3. The molecule has 0 aliphatic rings. The van der Waals surface area contributed by atoms with Gasteiger partial charge in [0.25, 0.3) is 5.56 Å². The second-order valence-corrected chi connectivity index (χ2v) is 5.03. The number of carbonyl (C=O) groups excluding carboxylic acids is 1. The SMILES string of the molecule is Cc1ccc(Cl)cc1C(=O)c1cn(C)c(=O)n(C)c1=O. The van der Waals surface area contributed by atoms with Crippen molar-refractivity contribution in [1.82, 2.24) is 9.13 Å². The van der Waals surface area contributed by atoms with Gasteiger partial charge >= 0.3 is 5.69 Å². The van der Waals surface area contributed by atoms with Gasteiger partial charge in [-0.15, -0.1) is 0 Å². The van der Waals surface area contributed by atoms with E-state index < -0.39 is 17.0 Å². The summed E-state index contributed by atoms with van der Waals surface area (Å²) in [5.41, 5.74) is -0.0737. The summed E-state index contributed by atoms with van der Waals surface area (Å²) in [7, 11) is 2.83. The Labute approximate surface area is 120 Å². The first-order valence-corrected chi connectivity index (χ1v) is 6.28. The van der Waals surface area contributed by atoms with E-state index in [0.717, 1.165) is 10.1 Å². The first-order valence-electron chi connectivity index (χ1n) is 5.90. The zero-order valence-electron chi connectivity index (χ0n) is 11.3. The summed E-state index contributed by atoms with van der Waals surface area (Å²) in [6.45, 7) is 1.76. The molecule has 0 saturated carbocycles. The molecule has 0 radical (unpaired) electrons. The van der Waals surface area contributed by atoms with E-state index in [1.807, 2.05) is 0 Å². The molecule has 0 unspecified atom stereocenters. The maximum atomic E-state index is 12.5. The highest BCUT2D eigenvalue weighted by Gasteiger charge is 2.18. The van der Waals surface area contributed by atoms with Crippen LogP contribution in [0.5, 0.6) is 0 Å². The molecule has 1 heterocycles. The molecular weight excluding hydrogens is 280 g/mol. The fourth-order valence-electron chi connectivity index (χ4n) is 1.95. The van der Waals surface area contributed by atoms with Gasteiger partial charge in [-0.05, 0) is 24.6 Å². The molecule has 6 heteroatoms. The smallest absolute Gasteiger partial charge is 0.303 e. The van der Waals surface area contributed by atoms with E-state index in [4.69, 9.17) is 11.6 Å². The molecular formula is C14H13ClN2O3. The predicted molar refractivity (Wildman–Crippen MR) is 76.5 cm³/mol. The van der Waals surface area contributed by atoms with Crippen LogP contribution >= 0.6 is 11.6 Å². The molecule has 0 saturated heterocycles. The summed E-state index contributed by atoms with van der Waals surface area (Å²) in [5.74, 6) is -0.443. The van der Waals surface area contributed by atoms with Crippen molar-refractivity contribution in [3.63, 3.8) is 0 Å². The van der Waals surface area contributed by atoms with Crippen LogP contribution in [0.25, 0.3) is 0 Å². The zero-order valence-corrected chi connectivity index (χ0v) is 12.1. The molecule has 0 bridgehead atoms. The fourth-order valence-corrected chi connectivity index (χ4v) is 2.12. The average molecular weight is 293 g/mol. The van der Waals surface area contributed by atoms with Crippen molar-refractivity contribution in [2.75, 3.05) is 0 Å². The number of hydrogen-bond acceptors (Lipinski definition) is 3. The quantitative estimate of drug-likeness (QED) is 0.783. The monoisotopic (exact) mass is 292 g/mol. The number of aromatic nitrogens is 2. The number of nitrogens with zero attached hydrogens (tertiary/aromatic N) is 2. The molecule has 1 aromatic carbocycles. The lowest BCUT2D eigenvalue weighted by Gasteiger charge is -2.08. The van der Waals surface area contributed by atoms with E-state index in [1.54, 1.807) is 19.1 Å². The minimum Gasteiger partial charge on any atom is -0.303 e. The third-order valence-electron chi connectivity index (χ3n) is 3.14. The Balaban J connectivity index is 2.69. The molecule has 0 aliphatic heterocycles. The number of aryl methyl sites for hydroxylation is 2. The summed E-state index contributed by atoms with van der Waals surface area (Å²) in [5, 5.41) is 0.417. The van der Waals surface area contributed by atoms with Crippen LogP contribution in [-0.4, -0.2) is 14.9 Å². The van der Waals surface area contributed by atoms with Crippen LogP contribution in [-0.2, 0) is 14.1 Å². The molecule has 104 valence electrons. The van der Waals surface area contributed by atoms with Crippen molar-refractivity contribution in [2.24, 2.45) is 14.1 Å². The van der Waals surface area contributed by atoms with E-state index in [0.29, 0.717) is 10.6 Å². The van der Waals surface area contributed by atoms with Gasteiger partial charge in [-0.3, -0.25) is 14.2 Å². The maximum absolute atomic E-state index is 12.5. The van der Waals surface area contributed by atoms with Crippen LogP contribution in [0.4, 0.5) is 0 Å². The minimum absolute atomic E-state index is 0.0556. The maximum Gasteiger partial charge on any atom is 0.330 e. The Morgan fingerprint density at radius 1 is 1.15 bits per heavy atom. The predicted octanol–water partition coefficient (Wildman–Crippen LogP) is 1.28. The van der Waals surface area contributed by atoms with Gasteiger partial charge in [0.2, 0.25) is 0 Å². The van der Waals surface area contributed by atoms with Gasteiger partial charge < -0.3 is 4.57 Å². The Kier molecular flexibility index (Phi) is 3.63. The minimum atomic E-state index is -0.613. The second kappa shape index (κ2) is 5.09. The zero-order chi connectivity index (χ0) is 15.0. The highest BCUT2D eigenvalue weighted by atomic mass is 35.5. The molecule has 1 aromatic heterocycles. The first-order chi connectivity index (χ1) is 9.32. The van der Waals surface area contributed by atoms with Crippen LogP contribution in [0.3, 0.4) is 0 Å². The van der Waals surface area contributed by atoms with Gasteiger partial charge in [0, 0.05) is 30.9 Å². The van der Waals surface area contributed by atoms with Crippen LogP contribution in [0.15, 0.2) is 34.0 Å². The number of hydrogen-bond donors (Lipinski definition) is 0. The molecule has 0 fully saturated rings. The molecule has 0 N–H and O–H groups in total. The molecule has 0 aliphatic carbocycles. The van der Waals surface area contributed by atoms with Crippen molar-refractivity contribution in [2.45, 2.75) is 6.92 Å². The van der Waals surface area contributed by atoms with Crippen molar-refractivity contribution in [3.8, 4) is 0 Å². The Morgan fingerprint density at radius 3 is 2.45 bits per heavy atom. The fraction of sp³-hybridized carbons (Fsp3) is 0.214. The number of rotatable bonds is 2. The highest BCUT2D eigenvalue weighted by molar-refractivity contribution is 6.31. The van der Waals surface area contributed by atoms with Crippen molar-refractivity contribution in [3.05, 3.63) is 66.9 Å². The summed E-state index contributed by atoms with van der Waals surface area (Å²) in [6, 6.07) is 4.90. The van der Waals surface area contributed by atoms with Crippen LogP contribution < -0.4 is 11.2 Å². The van der Waals surface area contributed by atoms with E-state index >= 15 is 0 Å². The molecule has 0 atom stereocenters. The van der Waals surface area contributed by atoms with E-state index in [2.05, 4.69) is 0 Å². The van der Waals surface area contributed by atoms with E-state index in [1.165, 1.54) is 30.9 Å². The van der Waals surface area contributed by atoms with Crippen molar-refractivity contribution >= 4 is 17.4 Å². The third kappa shape index (κ3) is 2.32. The van der Waals surface area contributed by atoms with Crippen LogP contribution in [0.2, 0.25) is 5.02 Å². The summed E-state index contributed by atoms with van der Waals surface area (Å²) in [6.07, 6.45) is 1.26. The normalized spacial score (nSPS) is 10.6. The number of carbonyl (C=O) groups is 1. The number of halogens is 1. The lowest BCUT2D eigenvalue weighted by molar-refractivity contribution is 0.103. The summed E-state index contributed by atoms with van der Waals surface area (Å²) in [4.78, 5) is 36.1. The standard InChI is InChI=1S/C14H13ClN2O3/c1-8-4-5-9(15)6-10(8)12(18)11-7-16(2)14(20)17(3)13(11)19/h4-7H,1-3H3. The van der Waals surface area contributed by atoms with Gasteiger partial charge in [-0.25, -0.2) is 4.79 Å². The van der Waals surface area contributed by atoms with Crippen molar-refractivity contribution in [1.29, 1.82) is 0 Å². The molecule has 0 spiro atoms. The van der Waals surface area contributed by atoms with Crippen molar-refractivity contribution < 1.29 is 4.79 Å². The summed E-state index contributed by atoms with van der Waals surface area (Å²) >= 11 is 5.89. The molecule has 5 nitrogen and oxygen atoms in total. The molecule has 20 heavy (non-hydrogen) atoms. The molecule has 2 aromatic rings. The second-order valence-electron chi connectivity index (χ2n) is 4.59.